The van der Waals surface area contributed by atoms with Crippen molar-refractivity contribution in [3.05, 3.63) is 29.3 Å². The molecule has 0 aromatic heterocycles. The molecule has 0 N–H and O–H groups in total. The zero-order chi connectivity index (χ0) is 12.6. The molecule has 2 amide bonds. The zero-order valence-electron chi connectivity index (χ0n) is 9.87. The number of benzene rings is 1. The fraction of sp³-hybridized carbons (Fsp3) is 0.385. The first kappa shape index (κ1) is 11.8. The van der Waals surface area contributed by atoms with E-state index in [1.807, 2.05) is 26.0 Å². The third kappa shape index (κ3) is 1.95. The molecule has 3 nitrogen and oxygen atoms in total. The quantitative estimate of drug-likeness (QED) is 0.736. The average molecular weight is 235 g/mol. The summed E-state index contributed by atoms with van der Waals surface area (Å²) in [6, 6.07) is 5.48. The van der Waals surface area contributed by atoms with Crippen molar-refractivity contribution < 1.29 is 14.0 Å². The summed E-state index contributed by atoms with van der Waals surface area (Å²) in [6.45, 7) is 3.01. The van der Waals surface area contributed by atoms with Gasteiger partial charge in [-0.3, -0.25) is 14.0 Å². The molecule has 0 radical (unpaired) electrons. The highest BCUT2D eigenvalue weighted by Gasteiger charge is 2.39. The van der Waals surface area contributed by atoms with Crippen LogP contribution in [0.15, 0.2) is 18.2 Å². The molecule has 1 aromatic carbocycles. The molecule has 90 valence electrons. The number of aryl methyl sites for hydroxylation is 2. The number of hydrogen-bond acceptors (Lipinski definition) is 2. The van der Waals surface area contributed by atoms with E-state index < -0.39 is 18.5 Å². The van der Waals surface area contributed by atoms with Crippen LogP contribution in [0.3, 0.4) is 0 Å². The summed E-state index contributed by atoms with van der Waals surface area (Å²) in [6.07, 6.45) is -0.0251. The van der Waals surface area contributed by atoms with E-state index in [4.69, 9.17) is 0 Å². The van der Waals surface area contributed by atoms with Crippen LogP contribution in [0.1, 0.15) is 17.5 Å². The number of amides is 2. The molecule has 0 saturated carbocycles. The molecule has 0 bridgehead atoms. The number of hydrogen-bond donors (Lipinski definition) is 0. The first-order valence-corrected chi connectivity index (χ1v) is 5.54. The van der Waals surface area contributed by atoms with E-state index in [2.05, 4.69) is 0 Å². The number of alkyl halides is 1. The van der Waals surface area contributed by atoms with E-state index >= 15 is 0 Å². The third-order valence-corrected chi connectivity index (χ3v) is 3.02. The van der Waals surface area contributed by atoms with Crippen LogP contribution >= 0.6 is 0 Å². The highest BCUT2D eigenvalue weighted by Crippen LogP contribution is 2.29. The number of imide groups is 1. The molecule has 2 rings (SSSR count). The Hall–Kier alpha value is -1.71. The number of nitrogens with zero attached hydrogens (tertiary/aromatic N) is 1. The van der Waals surface area contributed by atoms with Gasteiger partial charge in [-0.25, -0.2) is 4.90 Å². The van der Waals surface area contributed by atoms with Crippen LogP contribution in [0, 0.1) is 19.8 Å². The average Bonchev–Trinajstić information content (AvgIpc) is 2.55. The Balaban J connectivity index is 2.40. The highest BCUT2D eigenvalue weighted by molar-refractivity contribution is 6.21. The molecule has 1 atom stereocenters. The Morgan fingerprint density at radius 1 is 1.35 bits per heavy atom. The van der Waals surface area contributed by atoms with Crippen molar-refractivity contribution >= 4 is 17.5 Å². The number of carbonyl (C=O) groups is 2. The number of rotatable bonds is 2. The lowest BCUT2D eigenvalue weighted by Gasteiger charge is -2.17. The lowest BCUT2D eigenvalue weighted by atomic mass is 10.1. The predicted molar refractivity (Wildman–Crippen MR) is 62.5 cm³/mol. The van der Waals surface area contributed by atoms with Gasteiger partial charge in [0.05, 0.1) is 11.6 Å². The predicted octanol–water partition coefficient (Wildman–Crippen LogP) is 2.15. The van der Waals surface area contributed by atoms with E-state index in [1.165, 1.54) is 0 Å². The lowest BCUT2D eigenvalue weighted by Crippen LogP contribution is -2.31. The Morgan fingerprint density at radius 2 is 2.06 bits per heavy atom. The van der Waals surface area contributed by atoms with Crippen LogP contribution in [-0.4, -0.2) is 18.5 Å². The van der Waals surface area contributed by atoms with Crippen molar-refractivity contribution in [2.45, 2.75) is 20.3 Å². The van der Waals surface area contributed by atoms with Crippen molar-refractivity contribution in [1.29, 1.82) is 0 Å². The topological polar surface area (TPSA) is 37.4 Å². The minimum atomic E-state index is -0.803. The van der Waals surface area contributed by atoms with Crippen molar-refractivity contribution in [2.75, 3.05) is 11.6 Å². The van der Waals surface area contributed by atoms with Gasteiger partial charge in [-0.2, -0.15) is 0 Å². The smallest absolute Gasteiger partial charge is 0.240 e. The van der Waals surface area contributed by atoms with Gasteiger partial charge in [0.1, 0.15) is 6.67 Å². The highest BCUT2D eigenvalue weighted by atomic mass is 19.1. The van der Waals surface area contributed by atoms with Gasteiger partial charge in [0, 0.05) is 6.42 Å². The van der Waals surface area contributed by atoms with E-state index in [9.17, 15) is 14.0 Å². The largest absolute Gasteiger partial charge is 0.274 e. The van der Waals surface area contributed by atoms with Crippen molar-refractivity contribution in [3.63, 3.8) is 0 Å². The maximum atomic E-state index is 12.6. The molecule has 1 heterocycles. The van der Waals surface area contributed by atoms with Gasteiger partial charge >= 0.3 is 0 Å². The van der Waals surface area contributed by atoms with Crippen LogP contribution in [0.4, 0.5) is 10.1 Å². The SMILES string of the molecule is Cc1ccc(N2C(=O)CC(CF)C2=O)c(C)c1. The Morgan fingerprint density at radius 3 is 2.59 bits per heavy atom. The Labute approximate surface area is 99.2 Å². The normalized spacial score (nSPS) is 20.2. The fourth-order valence-electron chi connectivity index (χ4n) is 2.12. The van der Waals surface area contributed by atoms with E-state index in [0.29, 0.717) is 5.69 Å². The molecule has 1 saturated heterocycles. The van der Waals surface area contributed by atoms with Gasteiger partial charge in [-0.05, 0) is 25.5 Å². The molecule has 1 fully saturated rings. The molecule has 1 unspecified atom stereocenters. The molecule has 1 aromatic rings. The van der Waals surface area contributed by atoms with E-state index in [0.717, 1.165) is 16.0 Å². The Bertz CT molecular complexity index is 484. The Kier molecular flexibility index (Phi) is 2.96. The molecular weight excluding hydrogens is 221 g/mol. The number of anilines is 1. The van der Waals surface area contributed by atoms with Gasteiger partial charge in [-0.15, -0.1) is 0 Å². The lowest BCUT2D eigenvalue weighted by molar-refractivity contribution is -0.122. The summed E-state index contributed by atoms with van der Waals surface area (Å²) in [4.78, 5) is 24.7. The van der Waals surface area contributed by atoms with Crippen LogP contribution in [0.5, 0.6) is 0 Å². The van der Waals surface area contributed by atoms with Crippen molar-refractivity contribution in [3.8, 4) is 0 Å². The number of halogens is 1. The van der Waals surface area contributed by atoms with Gasteiger partial charge in [0.25, 0.3) is 0 Å². The molecule has 1 aliphatic heterocycles. The van der Waals surface area contributed by atoms with E-state index in [-0.39, 0.29) is 12.3 Å². The van der Waals surface area contributed by atoms with Gasteiger partial charge < -0.3 is 0 Å². The summed E-state index contributed by atoms with van der Waals surface area (Å²) in [7, 11) is 0. The molecule has 17 heavy (non-hydrogen) atoms. The minimum absolute atomic E-state index is 0.0251. The van der Waals surface area contributed by atoms with Crippen molar-refractivity contribution in [2.24, 2.45) is 5.92 Å². The van der Waals surface area contributed by atoms with Crippen molar-refractivity contribution in [1.82, 2.24) is 0 Å². The molecule has 1 aliphatic rings. The minimum Gasteiger partial charge on any atom is -0.274 e. The second kappa shape index (κ2) is 4.28. The van der Waals surface area contributed by atoms with Gasteiger partial charge in [0.15, 0.2) is 0 Å². The summed E-state index contributed by atoms with van der Waals surface area (Å²) in [5, 5.41) is 0. The maximum absolute atomic E-state index is 12.6. The zero-order valence-corrected chi connectivity index (χ0v) is 9.87. The van der Waals surface area contributed by atoms with E-state index in [1.54, 1.807) is 6.07 Å². The van der Waals surface area contributed by atoms with Gasteiger partial charge in [0.2, 0.25) is 11.8 Å². The molecule has 0 spiro atoms. The second-order valence-corrected chi connectivity index (χ2v) is 4.41. The third-order valence-electron chi connectivity index (χ3n) is 3.02. The van der Waals surface area contributed by atoms with Crippen LogP contribution in [0.2, 0.25) is 0 Å². The summed E-state index contributed by atoms with van der Waals surface area (Å²) in [5.74, 6) is -1.54. The summed E-state index contributed by atoms with van der Waals surface area (Å²) >= 11 is 0. The maximum Gasteiger partial charge on any atom is 0.240 e. The monoisotopic (exact) mass is 235 g/mol. The summed E-state index contributed by atoms with van der Waals surface area (Å²) in [5.41, 5.74) is 2.49. The first-order valence-electron chi connectivity index (χ1n) is 5.54. The number of carbonyl (C=O) groups excluding carboxylic acids is 2. The van der Waals surface area contributed by atoms with Gasteiger partial charge in [-0.1, -0.05) is 17.7 Å². The standard InChI is InChI=1S/C13H14FNO2/c1-8-3-4-11(9(2)5-8)15-12(16)6-10(7-14)13(15)17/h3-5,10H,6-7H2,1-2H3. The van der Waals surface area contributed by atoms with Crippen LogP contribution < -0.4 is 4.90 Å². The first-order chi connectivity index (χ1) is 8.04. The second-order valence-electron chi connectivity index (χ2n) is 4.41. The fourth-order valence-corrected chi connectivity index (χ4v) is 2.12. The molecule has 4 heteroatoms. The summed E-state index contributed by atoms with van der Waals surface area (Å²) < 4.78 is 12.6. The molecule has 0 aliphatic carbocycles. The van der Waals surface area contributed by atoms with Crippen LogP contribution in [0.25, 0.3) is 0 Å². The molecular formula is C13H14FNO2. The van der Waals surface area contributed by atoms with Crippen LogP contribution in [-0.2, 0) is 9.59 Å².